The first-order valence-corrected chi connectivity index (χ1v) is 9.41. The number of para-hydroxylation sites is 1. The van der Waals surface area contributed by atoms with Crippen LogP contribution in [0.1, 0.15) is 12.5 Å². The van der Waals surface area contributed by atoms with Crippen LogP contribution in [0.5, 0.6) is 5.75 Å². The highest BCUT2D eigenvalue weighted by molar-refractivity contribution is 7.89. The minimum absolute atomic E-state index is 0.0181. The largest absolute Gasteiger partial charge is 0.490 e. The molecule has 6 nitrogen and oxygen atoms in total. The summed E-state index contributed by atoms with van der Waals surface area (Å²) in [4.78, 5) is 11.8. The third-order valence-corrected chi connectivity index (χ3v) is 5.04. The molecule has 0 heterocycles. The van der Waals surface area contributed by atoms with Crippen LogP contribution in [0.4, 0.5) is 4.39 Å². The highest BCUT2D eigenvalue weighted by atomic mass is 32.2. The molecule has 0 amide bonds. The van der Waals surface area contributed by atoms with E-state index in [0.29, 0.717) is 5.75 Å². The number of sulfonamides is 1. The normalized spacial score (nSPS) is 12.4. The average molecular weight is 381 g/mol. The molecule has 8 heteroatoms. The Labute approximate surface area is 152 Å². The minimum Gasteiger partial charge on any atom is -0.490 e. The molecule has 2 aromatic rings. The summed E-state index contributed by atoms with van der Waals surface area (Å²) in [5, 5.41) is 0. The summed E-state index contributed by atoms with van der Waals surface area (Å²) < 4.78 is 49.9. The lowest BCUT2D eigenvalue weighted by molar-refractivity contribution is -0.145. The van der Waals surface area contributed by atoms with Crippen LogP contribution in [0.2, 0.25) is 0 Å². The molecular weight excluding hydrogens is 361 g/mol. The lowest BCUT2D eigenvalue weighted by Crippen LogP contribution is -2.39. The smallest absolute Gasteiger partial charge is 0.324 e. The van der Waals surface area contributed by atoms with E-state index < -0.39 is 27.9 Å². The number of carbonyl (C=O) groups excluding carboxylic acids is 1. The Morgan fingerprint density at radius 1 is 1.12 bits per heavy atom. The number of aryl methyl sites for hydroxylation is 1. The molecule has 0 radical (unpaired) electrons. The van der Waals surface area contributed by atoms with E-state index in [-0.39, 0.29) is 18.1 Å². The molecule has 2 rings (SSSR count). The maximum absolute atomic E-state index is 12.9. The van der Waals surface area contributed by atoms with Crippen molar-refractivity contribution in [1.29, 1.82) is 0 Å². The second-order valence-electron chi connectivity index (χ2n) is 5.58. The van der Waals surface area contributed by atoms with Crippen LogP contribution in [-0.2, 0) is 19.6 Å². The molecule has 1 N–H and O–H groups in total. The van der Waals surface area contributed by atoms with E-state index >= 15 is 0 Å². The molecule has 2 aromatic carbocycles. The average Bonchev–Trinajstić information content (AvgIpc) is 2.60. The van der Waals surface area contributed by atoms with Crippen molar-refractivity contribution in [3.8, 4) is 5.75 Å². The van der Waals surface area contributed by atoms with Crippen molar-refractivity contribution in [2.24, 2.45) is 0 Å². The standard InChI is InChI=1S/C18H20FNO5S/c1-13-5-3-4-6-17(13)24-11-12-25-18(21)14(2)20-26(22,23)16-9-7-15(19)8-10-16/h3-10,14,20H,11-12H2,1-2H3/t14-/m1/s1. The molecule has 0 saturated carbocycles. The summed E-state index contributed by atoms with van der Waals surface area (Å²) in [5.41, 5.74) is 0.958. The van der Waals surface area contributed by atoms with Crippen LogP contribution in [0.25, 0.3) is 0 Å². The zero-order valence-corrected chi connectivity index (χ0v) is 15.3. The van der Waals surface area contributed by atoms with Gasteiger partial charge in [0.2, 0.25) is 10.0 Å². The lowest BCUT2D eigenvalue weighted by Gasteiger charge is -2.14. The molecule has 0 saturated heterocycles. The van der Waals surface area contributed by atoms with Crippen LogP contribution in [-0.4, -0.2) is 33.6 Å². The number of carbonyl (C=O) groups is 1. The van der Waals surface area contributed by atoms with Gasteiger partial charge in [-0.1, -0.05) is 18.2 Å². The monoisotopic (exact) mass is 381 g/mol. The summed E-state index contributed by atoms with van der Waals surface area (Å²) >= 11 is 0. The van der Waals surface area contributed by atoms with Crippen molar-refractivity contribution in [2.45, 2.75) is 24.8 Å². The molecule has 1 atom stereocenters. The van der Waals surface area contributed by atoms with E-state index in [1.165, 1.54) is 6.92 Å². The van der Waals surface area contributed by atoms with Crippen LogP contribution in [0, 0.1) is 12.7 Å². The maximum atomic E-state index is 12.9. The van der Waals surface area contributed by atoms with Gasteiger partial charge in [-0.3, -0.25) is 4.79 Å². The van der Waals surface area contributed by atoms with E-state index in [1.54, 1.807) is 6.07 Å². The Balaban J connectivity index is 1.81. The van der Waals surface area contributed by atoms with Crippen LogP contribution >= 0.6 is 0 Å². The quantitative estimate of drug-likeness (QED) is 0.561. The highest BCUT2D eigenvalue weighted by Crippen LogP contribution is 2.15. The van der Waals surface area contributed by atoms with Gasteiger partial charge < -0.3 is 9.47 Å². The summed E-state index contributed by atoms with van der Waals surface area (Å²) in [6, 6.07) is 10.6. The van der Waals surface area contributed by atoms with E-state index in [4.69, 9.17) is 9.47 Å². The van der Waals surface area contributed by atoms with Gasteiger partial charge >= 0.3 is 5.97 Å². The van der Waals surface area contributed by atoms with Gasteiger partial charge in [-0.25, -0.2) is 12.8 Å². The SMILES string of the molecule is Cc1ccccc1OCCOC(=O)[C@@H](C)NS(=O)(=O)c1ccc(F)cc1. The molecule has 26 heavy (non-hydrogen) atoms. The van der Waals surface area contributed by atoms with E-state index in [9.17, 15) is 17.6 Å². The molecule has 0 fully saturated rings. The molecule has 0 spiro atoms. The van der Waals surface area contributed by atoms with Crippen LogP contribution in [0.3, 0.4) is 0 Å². The van der Waals surface area contributed by atoms with E-state index in [1.807, 2.05) is 25.1 Å². The van der Waals surface area contributed by atoms with Gasteiger partial charge in [0.05, 0.1) is 4.90 Å². The summed E-state index contributed by atoms with van der Waals surface area (Å²) in [7, 11) is -3.95. The Morgan fingerprint density at radius 3 is 2.42 bits per heavy atom. The predicted molar refractivity (Wildman–Crippen MR) is 93.8 cm³/mol. The molecule has 0 aromatic heterocycles. The van der Waals surface area contributed by atoms with Gasteiger partial charge in [0.25, 0.3) is 0 Å². The second-order valence-corrected chi connectivity index (χ2v) is 7.29. The number of nitrogens with one attached hydrogen (secondary N) is 1. The number of hydrogen-bond donors (Lipinski definition) is 1. The topological polar surface area (TPSA) is 81.7 Å². The number of halogens is 1. The highest BCUT2D eigenvalue weighted by Gasteiger charge is 2.23. The molecule has 0 aliphatic carbocycles. The first kappa shape index (κ1) is 19.9. The van der Waals surface area contributed by atoms with E-state index in [0.717, 1.165) is 29.8 Å². The van der Waals surface area contributed by atoms with Crippen molar-refractivity contribution >= 4 is 16.0 Å². The summed E-state index contributed by atoms with van der Waals surface area (Å²) in [6.45, 7) is 3.39. The third kappa shape index (κ3) is 5.53. The van der Waals surface area contributed by atoms with Gasteiger partial charge in [-0.2, -0.15) is 4.72 Å². The minimum atomic E-state index is -3.95. The Kier molecular flexibility index (Phi) is 6.70. The molecule has 0 aliphatic heterocycles. The van der Waals surface area contributed by atoms with Gasteiger partial charge in [0, 0.05) is 0 Å². The number of benzene rings is 2. The second kappa shape index (κ2) is 8.77. The zero-order chi connectivity index (χ0) is 19.2. The van der Waals surface area contributed by atoms with Gasteiger partial charge in [-0.05, 0) is 49.7 Å². The van der Waals surface area contributed by atoms with Gasteiger partial charge in [-0.15, -0.1) is 0 Å². The fraction of sp³-hybridized carbons (Fsp3) is 0.278. The van der Waals surface area contributed by atoms with Crippen molar-refractivity contribution in [1.82, 2.24) is 4.72 Å². The molecule has 140 valence electrons. The summed E-state index contributed by atoms with van der Waals surface area (Å²) in [6.07, 6.45) is 0. The molecule has 0 unspecified atom stereocenters. The fourth-order valence-electron chi connectivity index (χ4n) is 2.10. The lowest BCUT2D eigenvalue weighted by atomic mass is 10.2. The number of esters is 1. The van der Waals surface area contributed by atoms with Crippen molar-refractivity contribution in [2.75, 3.05) is 13.2 Å². The van der Waals surface area contributed by atoms with Crippen molar-refractivity contribution < 1.29 is 27.1 Å². The maximum Gasteiger partial charge on any atom is 0.324 e. The Bertz CT molecular complexity index is 852. The van der Waals surface area contributed by atoms with Crippen LogP contribution < -0.4 is 9.46 Å². The van der Waals surface area contributed by atoms with Crippen LogP contribution in [0.15, 0.2) is 53.4 Å². The fourth-order valence-corrected chi connectivity index (χ4v) is 3.29. The molecular formula is C18H20FNO5S. The predicted octanol–water partition coefficient (Wildman–Crippen LogP) is 2.42. The first-order valence-electron chi connectivity index (χ1n) is 7.92. The van der Waals surface area contributed by atoms with Gasteiger partial charge in [0.1, 0.15) is 30.8 Å². The summed E-state index contributed by atoms with van der Waals surface area (Å²) in [5.74, 6) is -0.595. The molecule has 0 bridgehead atoms. The van der Waals surface area contributed by atoms with Crippen molar-refractivity contribution in [3.05, 3.63) is 59.9 Å². The zero-order valence-electron chi connectivity index (χ0n) is 14.4. The third-order valence-electron chi connectivity index (χ3n) is 3.49. The molecule has 0 aliphatic rings. The van der Waals surface area contributed by atoms with E-state index in [2.05, 4.69) is 4.72 Å². The number of rotatable bonds is 8. The van der Waals surface area contributed by atoms with Crippen molar-refractivity contribution in [3.63, 3.8) is 0 Å². The Hall–Kier alpha value is -2.45. The number of ether oxygens (including phenoxy) is 2. The van der Waals surface area contributed by atoms with Gasteiger partial charge in [0.15, 0.2) is 0 Å². The Morgan fingerprint density at radius 2 is 1.77 bits per heavy atom. The number of hydrogen-bond acceptors (Lipinski definition) is 5. The first-order chi connectivity index (χ1) is 12.3.